The van der Waals surface area contributed by atoms with E-state index >= 15 is 0 Å². The molecule has 1 atom stereocenters. The van der Waals surface area contributed by atoms with E-state index in [-0.39, 0.29) is 11.3 Å². The van der Waals surface area contributed by atoms with Crippen LogP contribution in [0.4, 0.5) is 17.1 Å². The van der Waals surface area contributed by atoms with Gasteiger partial charge in [-0.1, -0.05) is 26.0 Å². The third kappa shape index (κ3) is 5.27. The summed E-state index contributed by atoms with van der Waals surface area (Å²) >= 11 is 0. The SMILES string of the molecule is CC[C@H](C)c1ccc(NC(=O)COC(=O)c2ccc(N)c([N+](=O)[O-])c2)cc1. The Kier molecular flexibility index (Phi) is 6.48. The Balaban J connectivity index is 1.92. The highest BCUT2D eigenvalue weighted by molar-refractivity contribution is 5.96. The lowest BCUT2D eigenvalue weighted by Crippen LogP contribution is -2.21. The molecule has 1 amide bonds. The molecule has 2 rings (SSSR count). The van der Waals surface area contributed by atoms with Crippen molar-refractivity contribution in [3.8, 4) is 0 Å². The second-order valence-corrected chi connectivity index (χ2v) is 6.09. The Bertz CT molecular complexity index is 849. The molecule has 0 unspecified atom stereocenters. The highest BCUT2D eigenvalue weighted by Crippen LogP contribution is 2.23. The van der Waals surface area contributed by atoms with Crippen LogP contribution in [0.15, 0.2) is 42.5 Å². The highest BCUT2D eigenvalue weighted by atomic mass is 16.6. The van der Waals surface area contributed by atoms with E-state index in [1.165, 1.54) is 17.7 Å². The smallest absolute Gasteiger partial charge is 0.338 e. The quantitative estimate of drug-likeness (QED) is 0.332. The van der Waals surface area contributed by atoms with Gasteiger partial charge >= 0.3 is 5.97 Å². The van der Waals surface area contributed by atoms with Gasteiger partial charge in [-0.2, -0.15) is 0 Å². The van der Waals surface area contributed by atoms with Gasteiger partial charge in [-0.3, -0.25) is 14.9 Å². The number of hydrogen-bond acceptors (Lipinski definition) is 6. The van der Waals surface area contributed by atoms with Crippen molar-refractivity contribution in [2.24, 2.45) is 0 Å². The Morgan fingerprint density at radius 2 is 1.89 bits per heavy atom. The molecule has 8 heteroatoms. The van der Waals surface area contributed by atoms with E-state index in [2.05, 4.69) is 19.2 Å². The standard InChI is InChI=1S/C19H21N3O5/c1-3-12(2)13-4-7-15(8-5-13)21-18(23)11-27-19(24)14-6-9-16(20)17(10-14)22(25)26/h4-10,12H,3,11,20H2,1-2H3,(H,21,23)/t12-/m0/s1. The Labute approximate surface area is 156 Å². The summed E-state index contributed by atoms with van der Waals surface area (Å²) in [5.41, 5.74) is 6.73. The number of carbonyl (C=O) groups excluding carboxylic acids is 2. The number of hydrogen-bond donors (Lipinski definition) is 2. The number of nitro benzene ring substituents is 1. The van der Waals surface area contributed by atoms with Crippen molar-refractivity contribution >= 4 is 28.9 Å². The van der Waals surface area contributed by atoms with Crippen molar-refractivity contribution in [3.63, 3.8) is 0 Å². The second kappa shape index (κ2) is 8.79. The lowest BCUT2D eigenvalue weighted by Gasteiger charge is -2.11. The number of nitrogens with one attached hydrogen (secondary N) is 1. The van der Waals surface area contributed by atoms with Crippen LogP contribution in [0.25, 0.3) is 0 Å². The molecular formula is C19H21N3O5. The molecule has 0 aliphatic rings. The van der Waals surface area contributed by atoms with E-state index in [0.717, 1.165) is 12.5 Å². The second-order valence-electron chi connectivity index (χ2n) is 6.09. The van der Waals surface area contributed by atoms with Gasteiger partial charge in [-0.25, -0.2) is 4.79 Å². The molecule has 0 radical (unpaired) electrons. The van der Waals surface area contributed by atoms with Crippen molar-refractivity contribution in [3.05, 3.63) is 63.7 Å². The van der Waals surface area contributed by atoms with Crippen LogP contribution < -0.4 is 11.1 Å². The summed E-state index contributed by atoms with van der Waals surface area (Å²) in [6.07, 6.45) is 1.02. The van der Waals surface area contributed by atoms with Crippen LogP contribution in [0.5, 0.6) is 0 Å². The summed E-state index contributed by atoms with van der Waals surface area (Å²) < 4.78 is 4.90. The number of amides is 1. The molecule has 0 saturated heterocycles. The maximum atomic E-state index is 12.0. The minimum Gasteiger partial charge on any atom is -0.452 e. The van der Waals surface area contributed by atoms with Crippen LogP contribution in [-0.4, -0.2) is 23.4 Å². The van der Waals surface area contributed by atoms with Gasteiger partial charge in [0.2, 0.25) is 0 Å². The Morgan fingerprint density at radius 1 is 1.22 bits per heavy atom. The fourth-order valence-corrected chi connectivity index (χ4v) is 2.37. The fraction of sp³-hybridized carbons (Fsp3) is 0.263. The van der Waals surface area contributed by atoms with E-state index in [0.29, 0.717) is 11.6 Å². The average Bonchev–Trinajstić information content (AvgIpc) is 2.66. The molecular weight excluding hydrogens is 350 g/mol. The third-order valence-corrected chi connectivity index (χ3v) is 4.17. The number of rotatable bonds is 7. The molecule has 2 aromatic carbocycles. The van der Waals surface area contributed by atoms with E-state index in [1.807, 2.05) is 12.1 Å². The summed E-state index contributed by atoms with van der Waals surface area (Å²) in [6, 6.07) is 11.0. The number of ether oxygens (including phenoxy) is 1. The number of carbonyl (C=O) groups is 2. The van der Waals surface area contributed by atoms with Crippen molar-refractivity contribution < 1.29 is 19.2 Å². The summed E-state index contributed by atoms with van der Waals surface area (Å²) in [5, 5.41) is 13.5. The number of nitrogen functional groups attached to an aromatic ring is 1. The molecule has 0 spiro atoms. The van der Waals surface area contributed by atoms with Crippen LogP contribution in [0.2, 0.25) is 0 Å². The normalized spacial score (nSPS) is 11.5. The Hall–Kier alpha value is -3.42. The Morgan fingerprint density at radius 3 is 2.48 bits per heavy atom. The van der Waals surface area contributed by atoms with Gasteiger partial charge in [0.15, 0.2) is 6.61 Å². The number of nitrogens with zero attached hydrogens (tertiary/aromatic N) is 1. The minimum absolute atomic E-state index is 0.0541. The minimum atomic E-state index is -0.847. The van der Waals surface area contributed by atoms with Crippen LogP contribution in [0, 0.1) is 10.1 Å². The number of nitrogens with two attached hydrogens (primary N) is 1. The highest BCUT2D eigenvalue weighted by Gasteiger charge is 2.17. The molecule has 0 aromatic heterocycles. The molecule has 3 N–H and O–H groups in total. The largest absolute Gasteiger partial charge is 0.452 e. The van der Waals surface area contributed by atoms with Crippen LogP contribution in [0.3, 0.4) is 0 Å². The molecule has 27 heavy (non-hydrogen) atoms. The maximum absolute atomic E-state index is 12.0. The lowest BCUT2D eigenvalue weighted by atomic mass is 9.99. The first kappa shape index (κ1) is 19.9. The first-order valence-electron chi connectivity index (χ1n) is 8.42. The molecule has 0 saturated carbocycles. The summed E-state index contributed by atoms with van der Waals surface area (Å²) in [6.45, 7) is 3.71. The third-order valence-electron chi connectivity index (χ3n) is 4.17. The van der Waals surface area contributed by atoms with E-state index in [4.69, 9.17) is 10.5 Å². The summed E-state index contributed by atoms with van der Waals surface area (Å²) in [4.78, 5) is 34.1. The zero-order valence-electron chi connectivity index (χ0n) is 15.1. The zero-order valence-corrected chi connectivity index (χ0v) is 15.1. The number of nitro groups is 1. The van der Waals surface area contributed by atoms with E-state index in [9.17, 15) is 19.7 Å². The molecule has 0 fully saturated rings. The van der Waals surface area contributed by atoms with Crippen LogP contribution in [0.1, 0.15) is 42.1 Å². The van der Waals surface area contributed by atoms with Crippen LogP contribution >= 0.6 is 0 Å². The summed E-state index contributed by atoms with van der Waals surface area (Å²) in [7, 11) is 0. The van der Waals surface area contributed by atoms with Gasteiger partial charge in [0.25, 0.3) is 11.6 Å². The lowest BCUT2D eigenvalue weighted by molar-refractivity contribution is -0.383. The van der Waals surface area contributed by atoms with Gasteiger partial charge in [-0.05, 0) is 42.2 Å². The molecule has 0 heterocycles. The molecule has 0 aliphatic heterocycles. The van der Waals surface area contributed by atoms with Crippen molar-refractivity contribution in [1.29, 1.82) is 0 Å². The number of benzene rings is 2. The first-order chi connectivity index (χ1) is 12.8. The first-order valence-corrected chi connectivity index (χ1v) is 8.42. The van der Waals surface area contributed by atoms with Crippen molar-refractivity contribution in [2.75, 3.05) is 17.7 Å². The molecule has 2 aromatic rings. The van der Waals surface area contributed by atoms with Crippen molar-refractivity contribution in [1.82, 2.24) is 0 Å². The fourth-order valence-electron chi connectivity index (χ4n) is 2.37. The van der Waals surface area contributed by atoms with Gasteiger partial charge < -0.3 is 15.8 Å². The number of anilines is 2. The van der Waals surface area contributed by atoms with E-state index < -0.39 is 29.1 Å². The van der Waals surface area contributed by atoms with Crippen molar-refractivity contribution in [2.45, 2.75) is 26.2 Å². The predicted octanol–water partition coefficient (Wildman–Crippen LogP) is 3.49. The van der Waals surface area contributed by atoms with Gasteiger partial charge in [-0.15, -0.1) is 0 Å². The maximum Gasteiger partial charge on any atom is 0.338 e. The van der Waals surface area contributed by atoms with E-state index in [1.54, 1.807) is 12.1 Å². The molecule has 142 valence electrons. The summed E-state index contributed by atoms with van der Waals surface area (Å²) in [5.74, 6) is -0.926. The molecule has 0 aliphatic carbocycles. The zero-order chi connectivity index (χ0) is 20.0. The predicted molar refractivity (Wildman–Crippen MR) is 102 cm³/mol. The van der Waals surface area contributed by atoms with Crippen LogP contribution in [-0.2, 0) is 9.53 Å². The van der Waals surface area contributed by atoms with Gasteiger partial charge in [0.1, 0.15) is 5.69 Å². The van der Waals surface area contributed by atoms with Gasteiger partial charge in [0.05, 0.1) is 10.5 Å². The topological polar surface area (TPSA) is 125 Å². The van der Waals surface area contributed by atoms with Gasteiger partial charge in [0, 0.05) is 11.8 Å². The molecule has 8 nitrogen and oxygen atoms in total. The average molecular weight is 371 g/mol. The monoisotopic (exact) mass is 371 g/mol. The number of esters is 1. The molecule has 0 bridgehead atoms.